The van der Waals surface area contributed by atoms with Crippen LogP contribution in [0, 0.1) is 5.95 Å². The van der Waals surface area contributed by atoms with Crippen molar-refractivity contribution < 1.29 is 27.4 Å². The van der Waals surface area contributed by atoms with Crippen molar-refractivity contribution in [3.8, 4) is 10.4 Å². The lowest BCUT2D eigenvalue weighted by Crippen LogP contribution is -2.42. The molecule has 1 unspecified atom stereocenters. The normalized spacial score (nSPS) is 18.3. The number of urea groups is 1. The van der Waals surface area contributed by atoms with Gasteiger partial charge >= 0.3 is 6.03 Å². The first-order valence-corrected chi connectivity index (χ1v) is 17.0. The van der Waals surface area contributed by atoms with E-state index in [1.165, 1.54) is 12.1 Å². The molecule has 240 valence electrons. The number of carbonyl (C=O) groups is 1. The van der Waals surface area contributed by atoms with Crippen LogP contribution in [0.15, 0.2) is 53.4 Å². The van der Waals surface area contributed by atoms with Crippen LogP contribution < -0.4 is 20.7 Å². The SMILES string of the molecule is CC(C)OC(O)NC1CCC(c2nc(F)c(-c3ccc(NC(=O)NCc4ccccc4)cc3S(=O)(=O)NC(C)(C)C)s2)CC1. The van der Waals surface area contributed by atoms with E-state index in [-0.39, 0.29) is 39.1 Å². The molecule has 1 aliphatic carbocycles. The second-order valence-corrected chi connectivity index (χ2v) is 15.0. The zero-order chi connectivity index (χ0) is 32.1. The number of anilines is 1. The molecule has 1 heterocycles. The number of thiazole rings is 1. The highest BCUT2D eigenvalue weighted by molar-refractivity contribution is 7.89. The molecule has 2 aromatic carbocycles. The third kappa shape index (κ3) is 9.53. The molecule has 2 amide bonds. The van der Waals surface area contributed by atoms with Gasteiger partial charge in [-0.3, -0.25) is 5.32 Å². The van der Waals surface area contributed by atoms with E-state index in [0.29, 0.717) is 11.6 Å². The molecule has 0 saturated heterocycles. The minimum absolute atomic E-state index is 0.00599. The van der Waals surface area contributed by atoms with E-state index in [2.05, 4.69) is 25.7 Å². The largest absolute Gasteiger partial charge is 0.356 e. The number of carbonyl (C=O) groups excluding carboxylic acids is 1. The summed E-state index contributed by atoms with van der Waals surface area (Å²) in [5, 5.41) is 19.2. The van der Waals surface area contributed by atoms with Gasteiger partial charge in [-0.05, 0) is 84.1 Å². The van der Waals surface area contributed by atoms with Gasteiger partial charge in [0.15, 0.2) is 0 Å². The van der Waals surface area contributed by atoms with Crippen molar-refractivity contribution in [2.75, 3.05) is 5.32 Å². The molecular formula is C31H42FN5O5S2. The Labute approximate surface area is 262 Å². The number of ether oxygens (including phenoxy) is 1. The van der Waals surface area contributed by atoms with Crippen molar-refractivity contribution in [2.45, 2.75) is 102 Å². The second kappa shape index (κ2) is 14.4. The lowest BCUT2D eigenvalue weighted by molar-refractivity contribution is -0.150. The Morgan fingerprint density at radius 3 is 2.43 bits per heavy atom. The molecule has 0 radical (unpaired) electrons. The maximum atomic E-state index is 15.4. The Hall–Kier alpha value is -2.94. The number of halogens is 1. The van der Waals surface area contributed by atoms with E-state index in [1.54, 1.807) is 26.8 Å². The van der Waals surface area contributed by atoms with Gasteiger partial charge < -0.3 is 20.5 Å². The summed E-state index contributed by atoms with van der Waals surface area (Å²) >= 11 is 1.14. The number of aromatic nitrogens is 1. The van der Waals surface area contributed by atoms with Crippen molar-refractivity contribution >= 4 is 33.1 Å². The number of benzene rings is 2. The number of hydrogen-bond acceptors (Lipinski definition) is 8. The van der Waals surface area contributed by atoms with Crippen LogP contribution in [0.5, 0.6) is 0 Å². The summed E-state index contributed by atoms with van der Waals surface area (Å²) in [6.07, 6.45) is 1.81. The van der Waals surface area contributed by atoms with Crippen molar-refractivity contribution in [3.63, 3.8) is 0 Å². The van der Waals surface area contributed by atoms with Crippen molar-refractivity contribution in [3.05, 3.63) is 65.0 Å². The molecule has 1 aromatic heterocycles. The highest BCUT2D eigenvalue weighted by Gasteiger charge is 2.31. The third-order valence-electron chi connectivity index (χ3n) is 6.97. The molecule has 5 N–H and O–H groups in total. The van der Waals surface area contributed by atoms with E-state index in [1.807, 2.05) is 44.2 Å². The van der Waals surface area contributed by atoms with E-state index in [4.69, 9.17) is 4.74 Å². The molecule has 10 nitrogen and oxygen atoms in total. The highest BCUT2D eigenvalue weighted by Crippen LogP contribution is 2.41. The van der Waals surface area contributed by atoms with Crippen LogP contribution in [0.1, 0.15) is 76.8 Å². The van der Waals surface area contributed by atoms with Gasteiger partial charge in [-0.15, -0.1) is 11.3 Å². The van der Waals surface area contributed by atoms with E-state index >= 15 is 4.39 Å². The van der Waals surface area contributed by atoms with Crippen molar-refractivity contribution in [1.82, 2.24) is 20.3 Å². The maximum absolute atomic E-state index is 15.4. The number of amides is 2. The standard InChI is InChI=1S/C31H42FN5O5S2/c1-19(2)42-30(39)35-22-13-11-21(12-14-22)28-36-27(32)26(43-28)24-16-15-23(17-25(24)44(40,41)37-31(3,4)5)34-29(38)33-18-20-9-7-6-8-10-20/h6-10,15-17,19,21-22,30,35,37,39H,11-14,18H2,1-5H3,(H2,33,34,38). The van der Waals surface area contributed by atoms with E-state index < -0.39 is 34.0 Å². The molecule has 1 fully saturated rings. The quantitative estimate of drug-likeness (QED) is 0.169. The second-order valence-electron chi connectivity index (χ2n) is 12.3. The first-order chi connectivity index (χ1) is 20.7. The van der Waals surface area contributed by atoms with Crippen LogP contribution in [-0.4, -0.2) is 48.6 Å². The Morgan fingerprint density at radius 2 is 1.80 bits per heavy atom. The van der Waals surface area contributed by atoms with Gasteiger partial charge in [-0.2, -0.15) is 4.39 Å². The zero-order valence-electron chi connectivity index (χ0n) is 25.7. The molecular weight excluding hydrogens is 606 g/mol. The zero-order valence-corrected chi connectivity index (χ0v) is 27.3. The fourth-order valence-electron chi connectivity index (χ4n) is 5.09. The molecule has 1 aliphatic rings. The molecule has 0 spiro atoms. The van der Waals surface area contributed by atoms with Crippen LogP contribution in [0.25, 0.3) is 10.4 Å². The molecule has 0 aliphatic heterocycles. The minimum Gasteiger partial charge on any atom is -0.356 e. The number of aliphatic hydroxyl groups is 1. The number of rotatable bonds is 11. The van der Waals surface area contributed by atoms with Gasteiger partial charge in [0.25, 0.3) is 0 Å². The highest BCUT2D eigenvalue weighted by atomic mass is 32.2. The van der Waals surface area contributed by atoms with Gasteiger partial charge in [0.05, 0.1) is 20.9 Å². The first kappa shape index (κ1) is 33.9. The minimum atomic E-state index is -4.12. The monoisotopic (exact) mass is 647 g/mol. The molecule has 0 bridgehead atoms. The molecule has 13 heteroatoms. The fraction of sp³-hybridized carbons (Fsp3) is 0.484. The summed E-state index contributed by atoms with van der Waals surface area (Å²) in [4.78, 5) is 16.8. The number of sulfonamides is 1. The van der Waals surface area contributed by atoms with Crippen LogP contribution in [0.4, 0.5) is 14.9 Å². The number of hydrogen-bond donors (Lipinski definition) is 5. The summed E-state index contributed by atoms with van der Waals surface area (Å²) in [5.74, 6) is -0.731. The molecule has 44 heavy (non-hydrogen) atoms. The van der Waals surface area contributed by atoms with Crippen LogP contribution in [-0.2, 0) is 21.3 Å². The van der Waals surface area contributed by atoms with Gasteiger partial charge in [0, 0.05) is 35.3 Å². The van der Waals surface area contributed by atoms with Gasteiger partial charge in [0.1, 0.15) is 0 Å². The number of nitrogens with zero attached hydrogens (tertiary/aromatic N) is 1. The fourth-order valence-corrected chi connectivity index (χ4v) is 7.96. The molecule has 1 saturated carbocycles. The molecule has 4 rings (SSSR count). The Bertz CT molecular complexity index is 1520. The predicted molar refractivity (Wildman–Crippen MR) is 170 cm³/mol. The van der Waals surface area contributed by atoms with Crippen molar-refractivity contribution in [2.24, 2.45) is 0 Å². The average molecular weight is 648 g/mol. The average Bonchev–Trinajstić information content (AvgIpc) is 3.32. The smallest absolute Gasteiger partial charge is 0.319 e. The summed E-state index contributed by atoms with van der Waals surface area (Å²) < 4.78 is 50.6. The van der Waals surface area contributed by atoms with E-state index in [9.17, 15) is 18.3 Å². The van der Waals surface area contributed by atoms with Crippen LogP contribution >= 0.6 is 11.3 Å². The summed E-state index contributed by atoms with van der Waals surface area (Å²) in [7, 11) is -4.12. The predicted octanol–water partition coefficient (Wildman–Crippen LogP) is 5.66. The lowest BCUT2D eigenvalue weighted by Gasteiger charge is -2.30. The Morgan fingerprint density at radius 1 is 1.11 bits per heavy atom. The Balaban J connectivity index is 1.54. The number of nitrogens with one attached hydrogen (secondary N) is 4. The number of aliphatic hydroxyl groups excluding tert-OH is 1. The van der Waals surface area contributed by atoms with Crippen LogP contribution in [0.2, 0.25) is 0 Å². The van der Waals surface area contributed by atoms with Gasteiger partial charge in [-0.1, -0.05) is 30.3 Å². The summed E-state index contributed by atoms with van der Waals surface area (Å²) in [6, 6.07) is 13.3. The lowest BCUT2D eigenvalue weighted by atomic mass is 9.86. The van der Waals surface area contributed by atoms with Gasteiger partial charge in [-0.25, -0.2) is 22.9 Å². The summed E-state index contributed by atoms with van der Waals surface area (Å²) in [6.45, 7) is 9.14. The van der Waals surface area contributed by atoms with Crippen molar-refractivity contribution in [1.29, 1.82) is 0 Å². The first-order valence-electron chi connectivity index (χ1n) is 14.7. The molecule has 1 atom stereocenters. The van der Waals surface area contributed by atoms with E-state index in [0.717, 1.165) is 42.6 Å². The third-order valence-corrected chi connectivity index (χ3v) is 9.99. The molecule has 3 aromatic rings. The topological polar surface area (TPSA) is 142 Å². The summed E-state index contributed by atoms with van der Waals surface area (Å²) in [5.41, 5.74) is 0.523. The maximum Gasteiger partial charge on any atom is 0.319 e. The van der Waals surface area contributed by atoms with Crippen LogP contribution in [0.3, 0.4) is 0 Å². The van der Waals surface area contributed by atoms with Gasteiger partial charge in [0.2, 0.25) is 22.4 Å². The Kier molecular flexibility index (Phi) is 11.1.